The summed E-state index contributed by atoms with van der Waals surface area (Å²) in [5.41, 5.74) is 2.90. The van der Waals surface area contributed by atoms with Gasteiger partial charge >= 0.3 is 0 Å². The molecule has 0 aromatic heterocycles. The molecule has 0 radical (unpaired) electrons. The molecule has 2 unspecified atom stereocenters. The van der Waals surface area contributed by atoms with Gasteiger partial charge in [-0.25, -0.2) is 8.78 Å². The largest absolute Gasteiger partial charge is 0.207 e. The first-order chi connectivity index (χ1) is 9.15. The minimum absolute atomic E-state index is 0.0966. The van der Waals surface area contributed by atoms with E-state index in [1.807, 2.05) is 18.2 Å². The Kier molecular flexibility index (Phi) is 3.28. The predicted octanol–water partition coefficient (Wildman–Crippen LogP) is 4.66. The van der Waals surface area contributed by atoms with Gasteiger partial charge in [0.1, 0.15) is 11.6 Å². The molecule has 2 aromatic carbocycles. The second-order valence-corrected chi connectivity index (χ2v) is 5.47. The number of hydrogen-bond donors (Lipinski definition) is 0. The normalized spacial score (nSPS) is 21.4. The highest BCUT2D eigenvalue weighted by molar-refractivity contribution is 6.21. The van der Waals surface area contributed by atoms with Gasteiger partial charge < -0.3 is 0 Å². The molecule has 3 heteroatoms. The first-order valence-electron chi connectivity index (χ1n) is 6.31. The number of hydrogen-bond acceptors (Lipinski definition) is 0. The van der Waals surface area contributed by atoms with Crippen LogP contribution in [0.5, 0.6) is 0 Å². The van der Waals surface area contributed by atoms with Crippen LogP contribution in [-0.4, -0.2) is 0 Å². The van der Waals surface area contributed by atoms with Crippen LogP contribution in [0.2, 0.25) is 0 Å². The van der Waals surface area contributed by atoms with E-state index in [0.29, 0.717) is 12.0 Å². The fourth-order valence-corrected chi connectivity index (χ4v) is 3.17. The van der Waals surface area contributed by atoms with Crippen molar-refractivity contribution < 1.29 is 8.78 Å². The lowest BCUT2D eigenvalue weighted by Crippen LogP contribution is -2.08. The monoisotopic (exact) mass is 278 g/mol. The van der Waals surface area contributed by atoms with Gasteiger partial charge in [-0.15, -0.1) is 11.6 Å². The van der Waals surface area contributed by atoms with Gasteiger partial charge in [0.05, 0.1) is 5.38 Å². The van der Waals surface area contributed by atoms with Crippen LogP contribution >= 0.6 is 11.6 Å². The van der Waals surface area contributed by atoms with Crippen molar-refractivity contribution in [2.45, 2.75) is 18.2 Å². The summed E-state index contributed by atoms with van der Waals surface area (Å²) in [6.45, 7) is 0. The van der Waals surface area contributed by atoms with Crippen LogP contribution in [0.4, 0.5) is 8.78 Å². The maximum Gasteiger partial charge on any atom is 0.129 e. The Hall–Kier alpha value is -1.41. The molecule has 2 aromatic rings. The van der Waals surface area contributed by atoms with Crippen LogP contribution in [-0.2, 0) is 12.8 Å². The molecular weight excluding hydrogens is 266 g/mol. The zero-order chi connectivity index (χ0) is 13.4. The highest BCUT2D eigenvalue weighted by atomic mass is 35.5. The van der Waals surface area contributed by atoms with Crippen molar-refractivity contribution in [1.29, 1.82) is 0 Å². The molecule has 0 saturated heterocycles. The Morgan fingerprint density at radius 3 is 2.63 bits per heavy atom. The van der Waals surface area contributed by atoms with Gasteiger partial charge in [-0.05, 0) is 41.5 Å². The molecule has 0 N–H and O–H groups in total. The minimum atomic E-state index is -0.543. The number of alkyl halides is 1. The van der Waals surface area contributed by atoms with Gasteiger partial charge in [-0.3, -0.25) is 0 Å². The van der Waals surface area contributed by atoms with E-state index >= 15 is 0 Å². The zero-order valence-corrected chi connectivity index (χ0v) is 11.0. The molecule has 0 fully saturated rings. The summed E-state index contributed by atoms with van der Waals surface area (Å²) in [7, 11) is 0. The summed E-state index contributed by atoms with van der Waals surface area (Å²) in [5, 5.41) is -0.0966. The average Bonchev–Trinajstić information content (AvgIpc) is 2.70. The van der Waals surface area contributed by atoms with Gasteiger partial charge in [0.2, 0.25) is 0 Å². The second-order valence-electron chi connectivity index (χ2n) is 5.00. The maximum atomic E-state index is 13.7. The van der Waals surface area contributed by atoms with E-state index in [9.17, 15) is 8.78 Å². The molecule has 3 rings (SSSR count). The van der Waals surface area contributed by atoms with Gasteiger partial charge in [0.15, 0.2) is 0 Å². The van der Waals surface area contributed by atoms with Gasteiger partial charge in [-0.1, -0.05) is 30.3 Å². The van der Waals surface area contributed by atoms with E-state index in [4.69, 9.17) is 11.6 Å². The molecule has 2 atom stereocenters. The van der Waals surface area contributed by atoms with Crippen LogP contribution in [0.15, 0.2) is 42.5 Å². The smallest absolute Gasteiger partial charge is 0.129 e. The molecule has 19 heavy (non-hydrogen) atoms. The topological polar surface area (TPSA) is 0 Å². The Morgan fingerprint density at radius 2 is 1.89 bits per heavy atom. The van der Waals surface area contributed by atoms with Crippen molar-refractivity contribution in [3.63, 3.8) is 0 Å². The molecule has 1 aliphatic carbocycles. The van der Waals surface area contributed by atoms with Crippen LogP contribution in [0.1, 0.15) is 22.1 Å². The number of rotatable bonds is 2. The SMILES string of the molecule is Fc1ccc(CC2Cc3ccccc3C2Cl)c(F)c1. The lowest BCUT2D eigenvalue weighted by atomic mass is 9.96. The van der Waals surface area contributed by atoms with Crippen LogP contribution < -0.4 is 0 Å². The maximum absolute atomic E-state index is 13.7. The van der Waals surface area contributed by atoms with Crippen LogP contribution in [0, 0.1) is 17.6 Å². The molecule has 0 amide bonds. The summed E-state index contributed by atoms with van der Waals surface area (Å²) in [6, 6.07) is 11.8. The summed E-state index contributed by atoms with van der Waals surface area (Å²) >= 11 is 6.45. The fraction of sp³-hybridized carbons (Fsp3) is 0.250. The lowest BCUT2D eigenvalue weighted by Gasteiger charge is -2.14. The molecule has 0 heterocycles. The molecule has 0 nitrogen and oxygen atoms in total. The third-order valence-electron chi connectivity index (χ3n) is 3.75. The van der Waals surface area contributed by atoms with E-state index in [1.165, 1.54) is 17.7 Å². The molecule has 0 spiro atoms. The van der Waals surface area contributed by atoms with Crippen molar-refractivity contribution in [2.24, 2.45) is 5.92 Å². The highest BCUT2D eigenvalue weighted by Gasteiger charge is 2.31. The summed E-state index contributed by atoms with van der Waals surface area (Å²) < 4.78 is 26.6. The first-order valence-corrected chi connectivity index (χ1v) is 6.74. The van der Waals surface area contributed by atoms with E-state index in [2.05, 4.69) is 6.07 Å². The van der Waals surface area contributed by atoms with Gasteiger partial charge in [0.25, 0.3) is 0 Å². The van der Waals surface area contributed by atoms with Crippen molar-refractivity contribution in [1.82, 2.24) is 0 Å². The third-order valence-corrected chi connectivity index (χ3v) is 4.34. The molecule has 0 bridgehead atoms. The van der Waals surface area contributed by atoms with E-state index in [0.717, 1.165) is 18.1 Å². The van der Waals surface area contributed by atoms with E-state index in [-0.39, 0.29) is 11.3 Å². The van der Waals surface area contributed by atoms with E-state index < -0.39 is 11.6 Å². The van der Waals surface area contributed by atoms with Gasteiger partial charge in [-0.2, -0.15) is 0 Å². The van der Waals surface area contributed by atoms with Crippen LogP contribution in [0.3, 0.4) is 0 Å². The Morgan fingerprint density at radius 1 is 1.11 bits per heavy atom. The van der Waals surface area contributed by atoms with Gasteiger partial charge in [0, 0.05) is 6.07 Å². The molecular formula is C16H13ClF2. The summed E-state index contributed by atoms with van der Waals surface area (Å²) in [5.74, 6) is -0.864. The average molecular weight is 279 g/mol. The Bertz CT molecular complexity index is 609. The first kappa shape index (κ1) is 12.6. The predicted molar refractivity (Wildman–Crippen MR) is 72.3 cm³/mol. The third kappa shape index (κ3) is 2.37. The minimum Gasteiger partial charge on any atom is -0.207 e. The van der Waals surface area contributed by atoms with Crippen molar-refractivity contribution in [3.05, 3.63) is 70.8 Å². The molecule has 1 aliphatic rings. The van der Waals surface area contributed by atoms with Crippen molar-refractivity contribution in [3.8, 4) is 0 Å². The molecule has 0 saturated carbocycles. The lowest BCUT2D eigenvalue weighted by molar-refractivity contribution is 0.512. The molecule has 98 valence electrons. The van der Waals surface area contributed by atoms with Crippen LogP contribution in [0.25, 0.3) is 0 Å². The highest BCUT2D eigenvalue weighted by Crippen LogP contribution is 2.42. The number of benzene rings is 2. The standard InChI is InChI=1S/C16H13ClF2/c17-16-12(7-10-3-1-2-4-14(10)16)8-11-5-6-13(18)9-15(11)19/h1-6,9,12,16H,7-8H2. The Labute approximate surface area is 116 Å². The number of halogens is 3. The fourth-order valence-electron chi connectivity index (χ4n) is 2.77. The number of fused-ring (bicyclic) bond motifs is 1. The molecule has 0 aliphatic heterocycles. The quantitative estimate of drug-likeness (QED) is 0.701. The summed E-state index contributed by atoms with van der Waals surface area (Å²) in [4.78, 5) is 0. The Balaban J connectivity index is 1.83. The zero-order valence-electron chi connectivity index (χ0n) is 10.2. The second kappa shape index (κ2) is 4.93. The van der Waals surface area contributed by atoms with E-state index in [1.54, 1.807) is 0 Å². The summed E-state index contributed by atoms with van der Waals surface area (Å²) in [6.07, 6.45) is 1.39. The van der Waals surface area contributed by atoms with Crippen molar-refractivity contribution >= 4 is 11.6 Å². The van der Waals surface area contributed by atoms with Crippen molar-refractivity contribution in [2.75, 3.05) is 0 Å².